The third kappa shape index (κ3) is 3.74. The van der Waals surface area contributed by atoms with E-state index in [4.69, 9.17) is 0 Å². The molecule has 6 nitrogen and oxygen atoms in total. The first kappa shape index (κ1) is 15.8. The van der Waals surface area contributed by atoms with E-state index in [1.165, 1.54) is 4.90 Å². The highest BCUT2D eigenvalue weighted by atomic mass is 32.2. The number of amides is 2. The maximum absolute atomic E-state index is 12.0. The van der Waals surface area contributed by atoms with E-state index in [9.17, 15) is 13.2 Å². The lowest BCUT2D eigenvalue weighted by Crippen LogP contribution is -2.40. The first-order valence-corrected chi connectivity index (χ1v) is 8.57. The maximum Gasteiger partial charge on any atom is 0.316 e. The molecule has 2 amide bonds. The number of benzene rings is 1. The van der Waals surface area contributed by atoms with Crippen LogP contribution < -0.4 is 10.6 Å². The van der Waals surface area contributed by atoms with E-state index in [1.807, 2.05) is 12.1 Å². The summed E-state index contributed by atoms with van der Waals surface area (Å²) in [6.07, 6.45) is 0.557. The standard InChI is InChI=1S/C14H21N3O3S/c1-17(2)14(18)16-9-8-15-12-7-10-21(19,20)13-6-4-3-5-11(12)13/h3-6,12,15H,7-10H2,1-2H3,(H,16,18). The van der Waals surface area contributed by atoms with Crippen molar-refractivity contribution in [1.29, 1.82) is 0 Å². The Morgan fingerprint density at radius 2 is 2.00 bits per heavy atom. The van der Waals surface area contributed by atoms with Gasteiger partial charge >= 0.3 is 6.03 Å². The third-order valence-corrected chi connectivity index (χ3v) is 5.32. The number of fused-ring (bicyclic) bond motifs is 1. The first-order chi connectivity index (χ1) is 9.92. The molecule has 1 unspecified atom stereocenters. The highest BCUT2D eigenvalue weighted by molar-refractivity contribution is 7.91. The smallest absolute Gasteiger partial charge is 0.316 e. The quantitative estimate of drug-likeness (QED) is 0.805. The van der Waals surface area contributed by atoms with Crippen LogP contribution in [-0.4, -0.2) is 52.3 Å². The number of carbonyl (C=O) groups is 1. The second-order valence-electron chi connectivity index (χ2n) is 5.28. The number of rotatable bonds is 4. The Hall–Kier alpha value is -1.60. The average Bonchev–Trinajstić information content (AvgIpc) is 2.45. The van der Waals surface area contributed by atoms with Gasteiger partial charge in [0.25, 0.3) is 0 Å². The zero-order valence-electron chi connectivity index (χ0n) is 12.3. The SMILES string of the molecule is CN(C)C(=O)NCCNC1CCS(=O)(=O)c2ccccc21. The summed E-state index contributed by atoms with van der Waals surface area (Å²) in [7, 11) is 0.224. The Morgan fingerprint density at radius 3 is 2.71 bits per heavy atom. The number of nitrogens with one attached hydrogen (secondary N) is 2. The molecule has 21 heavy (non-hydrogen) atoms. The van der Waals surface area contributed by atoms with Crippen molar-refractivity contribution in [2.45, 2.75) is 17.4 Å². The van der Waals surface area contributed by atoms with Gasteiger partial charge in [-0.2, -0.15) is 0 Å². The van der Waals surface area contributed by atoms with Crippen LogP contribution in [0.3, 0.4) is 0 Å². The molecule has 0 radical (unpaired) electrons. The third-order valence-electron chi connectivity index (χ3n) is 3.50. The Morgan fingerprint density at radius 1 is 1.29 bits per heavy atom. The predicted molar refractivity (Wildman–Crippen MR) is 80.9 cm³/mol. The number of nitrogens with zero attached hydrogens (tertiary/aromatic N) is 1. The monoisotopic (exact) mass is 311 g/mol. The van der Waals surface area contributed by atoms with Gasteiger partial charge in [-0.05, 0) is 18.1 Å². The Kier molecular flexibility index (Phi) is 4.84. The summed E-state index contributed by atoms with van der Waals surface area (Å²) in [6, 6.07) is 6.98. The van der Waals surface area contributed by atoms with E-state index in [0.717, 1.165) is 5.56 Å². The minimum absolute atomic E-state index is 0.0148. The topological polar surface area (TPSA) is 78.5 Å². The van der Waals surface area contributed by atoms with Crippen LogP contribution in [0.4, 0.5) is 4.79 Å². The lowest BCUT2D eigenvalue weighted by Gasteiger charge is -2.26. The van der Waals surface area contributed by atoms with Crippen LogP contribution in [-0.2, 0) is 9.84 Å². The molecule has 1 aromatic carbocycles. The van der Waals surface area contributed by atoms with Gasteiger partial charge in [0.15, 0.2) is 9.84 Å². The molecule has 0 bridgehead atoms. The number of hydrogen-bond donors (Lipinski definition) is 2. The van der Waals surface area contributed by atoms with Gasteiger partial charge in [-0.1, -0.05) is 18.2 Å². The summed E-state index contributed by atoms with van der Waals surface area (Å²) in [6.45, 7) is 1.10. The summed E-state index contributed by atoms with van der Waals surface area (Å²) in [5.74, 6) is 0.158. The van der Waals surface area contributed by atoms with Crippen molar-refractivity contribution in [3.63, 3.8) is 0 Å². The van der Waals surface area contributed by atoms with Crippen molar-refractivity contribution in [1.82, 2.24) is 15.5 Å². The number of sulfone groups is 1. The lowest BCUT2D eigenvalue weighted by molar-refractivity contribution is 0.217. The molecule has 1 aliphatic rings. The summed E-state index contributed by atoms with van der Waals surface area (Å²) in [5.41, 5.74) is 0.822. The maximum atomic E-state index is 12.0. The summed E-state index contributed by atoms with van der Waals surface area (Å²) >= 11 is 0. The Balaban J connectivity index is 1.95. The molecular formula is C14H21N3O3S. The van der Waals surface area contributed by atoms with Gasteiger partial charge in [0.1, 0.15) is 0 Å². The molecule has 2 rings (SSSR count). The fourth-order valence-electron chi connectivity index (χ4n) is 2.38. The van der Waals surface area contributed by atoms with Crippen molar-refractivity contribution in [2.24, 2.45) is 0 Å². The van der Waals surface area contributed by atoms with Gasteiger partial charge in [0.05, 0.1) is 10.6 Å². The highest BCUT2D eigenvalue weighted by Gasteiger charge is 2.29. The molecule has 1 aliphatic heterocycles. The molecule has 2 N–H and O–H groups in total. The molecule has 1 atom stereocenters. The van der Waals surface area contributed by atoms with E-state index in [2.05, 4.69) is 10.6 Å². The summed E-state index contributed by atoms with van der Waals surface area (Å²) in [5, 5.41) is 6.08. The zero-order valence-corrected chi connectivity index (χ0v) is 13.1. The van der Waals surface area contributed by atoms with Crippen LogP contribution in [0, 0.1) is 0 Å². The minimum Gasteiger partial charge on any atom is -0.337 e. The van der Waals surface area contributed by atoms with Crippen molar-refractivity contribution < 1.29 is 13.2 Å². The Labute approximate surface area is 125 Å². The van der Waals surface area contributed by atoms with E-state index in [0.29, 0.717) is 24.4 Å². The molecule has 1 aromatic rings. The van der Waals surface area contributed by atoms with Crippen LogP contribution >= 0.6 is 0 Å². The van der Waals surface area contributed by atoms with E-state index in [1.54, 1.807) is 26.2 Å². The van der Waals surface area contributed by atoms with Gasteiger partial charge in [-0.25, -0.2) is 13.2 Å². The lowest BCUT2D eigenvalue weighted by atomic mass is 10.0. The molecule has 116 valence electrons. The largest absolute Gasteiger partial charge is 0.337 e. The molecule has 0 spiro atoms. The molecular weight excluding hydrogens is 290 g/mol. The van der Waals surface area contributed by atoms with E-state index in [-0.39, 0.29) is 17.8 Å². The second kappa shape index (κ2) is 6.44. The predicted octanol–water partition coefficient (Wildman–Crippen LogP) is 0.766. The van der Waals surface area contributed by atoms with Gasteiger partial charge in [-0.15, -0.1) is 0 Å². The second-order valence-corrected chi connectivity index (χ2v) is 7.36. The van der Waals surface area contributed by atoms with Crippen molar-refractivity contribution in [3.8, 4) is 0 Å². The van der Waals surface area contributed by atoms with Gasteiger partial charge < -0.3 is 15.5 Å². The van der Waals surface area contributed by atoms with Crippen LogP contribution in [0.2, 0.25) is 0 Å². The minimum atomic E-state index is -3.15. The van der Waals surface area contributed by atoms with Gasteiger partial charge in [0, 0.05) is 33.2 Å². The van der Waals surface area contributed by atoms with Crippen molar-refractivity contribution >= 4 is 15.9 Å². The number of urea groups is 1. The first-order valence-electron chi connectivity index (χ1n) is 6.92. The molecule has 1 heterocycles. The zero-order chi connectivity index (χ0) is 15.5. The molecule has 7 heteroatoms. The normalized spacial score (nSPS) is 19.6. The summed E-state index contributed by atoms with van der Waals surface area (Å²) in [4.78, 5) is 13.3. The fourth-order valence-corrected chi connectivity index (χ4v) is 4.00. The molecule has 0 fully saturated rings. The van der Waals surface area contributed by atoms with Crippen LogP contribution in [0.25, 0.3) is 0 Å². The van der Waals surface area contributed by atoms with Crippen LogP contribution in [0.5, 0.6) is 0 Å². The average molecular weight is 311 g/mol. The fraction of sp³-hybridized carbons (Fsp3) is 0.500. The van der Waals surface area contributed by atoms with E-state index < -0.39 is 9.84 Å². The molecule has 0 saturated heterocycles. The van der Waals surface area contributed by atoms with Gasteiger partial charge in [-0.3, -0.25) is 0 Å². The molecule has 0 saturated carbocycles. The Bertz CT molecular complexity index is 614. The summed E-state index contributed by atoms with van der Waals surface area (Å²) < 4.78 is 24.0. The molecule has 0 aromatic heterocycles. The van der Waals surface area contributed by atoms with Crippen LogP contribution in [0.15, 0.2) is 29.2 Å². The van der Waals surface area contributed by atoms with Crippen molar-refractivity contribution in [3.05, 3.63) is 29.8 Å². The van der Waals surface area contributed by atoms with E-state index >= 15 is 0 Å². The molecule has 0 aliphatic carbocycles. The highest BCUT2D eigenvalue weighted by Crippen LogP contribution is 2.31. The number of carbonyl (C=O) groups excluding carboxylic acids is 1. The van der Waals surface area contributed by atoms with Crippen molar-refractivity contribution in [2.75, 3.05) is 32.9 Å². The number of hydrogen-bond acceptors (Lipinski definition) is 4. The van der Waals surface area contributed by atoms with Crippen LogP contribution in [0.1, 0.15) is 18.0 Å². The van der Waals surface area contributed by atoms with Gasteiger partial charge in [0.2, 0.25) is 0 Å².